The third-order valence-electron chi connectivity index (χ3n) is 5.43. The van der Waals surface area contributed by atoms with Crippen LogP contribution in [0.15, 0.2) is 40.9 Å². The number of nitrogens with zero attached hydrogens (tertiary/aromatic N) is 2. The van der Waals surface area contributed by atoms with Gasteiger partial charge in [-0.1, -0.05) is 29.8 Å². The van der Waals surface area contributed by atoms with Gasteiger partial charge >= 0.3 is 5.97 Å². The van der Waals surface area contributed by atoms with Crippen molar-refractivity contribution in [2.75, 3.05) is 20.3 Å². The first kappa shape index (κ1) is 23.5. The lowest BCUT2D eigenvalue weighted by atomic mass is 10.1. The quantitative estimate of drug-likeness (QED) is 0.339. The van der Waals surface area contributed by atoms with Crippen LogP contribution in [-0.4, -0.2) is 41.6 Å². The topological polar surface area (TPSA) is 83.6 Å². The van der Waals surface area contributed by atoms with E-state index in [0.717, 1.165) is 22.5 Å². The number of Topliss-reactive ketones (excluding diaryl/α,β-unsaturated/α-hetero) is 1. The van der Waals surface area contributed by atoms with Gasteiger partial charge < -0.3 is 18.5 Å². The SMILES string of the molecule is COCC(C)n1c(C)cc(C(=O)COC(=O)CCc2ncc(-c3ccc(C)cc3)o2)c1C. The van der Waals surface area contributed by atoms with Crippen molar-refractivity contribution >= 4 is 11.8 Å². The molecule has 0 bridgehead atoms. The van der Waals surface area contributed by atoms with Gasteiger partial charge in [-0.25, -0.2) is 4.98 Å². The zero-order valence-electron chi connectivity index (χ0n) is 19.3. The highest BCUT2D eigenvalue weighted by Crippen LogP contribution is 2.22. The number of aromatic nitrogens is 2. The van der Waals surface area contributed by atoms with Gasteiger partial charge in [-0.15, -0.1) is 0 Å². The van der Waals surface area contributed by atoms with Crippen LogP contribution in [0, 0.1) is 20.8 Å². The van der Waals surface area contributed by atoms with E-state index in [9.17, 15) is 9.59 Å². The molecule has 0 aliphatic carbocycles. The number of esters is 1. The number of benzene rings is 1. The van der Waals surface area contributed by atoms with Crippen LogP contribution >= 0.6 is 0 Å². The van der Waals surface area contributed by atoms with E-state index in [2.05, 4.69) is 9.55 Å². The van der Waals surface area contributed by atoms with Crippen LogP contribution in [0.2, 0.25) is 0 Å². The third-order valence-corrected chi connectivity index (χ3v) is 5.43. The van der Waals surface area contributed by atoms with Crippen molar-refractivity contribution in [3.63, 3.8) is 0 Å². The Kier molecular flexibility index (Phi) is 7.64. The van der Waals surface area contributed by atoms with E-state index in [-0.39, 0.29) is 24.9 Å². The van der Waals surface area contributed by atoms with Crippen LogP contribution in [-0.2, 0) is 20.7 Å². The minimum absolute atomic E-state index is 0.0883. The minimum atomic E-state index is -0.463. The number of carbonyl (C=O) groups excluding carboxylic acids is 2. The summed E-state index contributed by atoms with van der Waals surface area (Å²) in [4.78, 5) is 29.0. The van der Waals surface area contributed by atoms with Crippen LogP contribution < -0.4 is 0 Å². The Labute approximate surface area is 188 Å². The molecule has 0 saturated carbocycles. The maximum Gasteiger partial charge on any atom is 0.306 e. The number of hydrogen-bond donors (Lipinski definition) is 0. The van der Waals surface area contributed by atoms with E-state index in [1.807, 2.05) is 58.0 Å². The van der Waals surface area contributed by atoms with E-state index in [1.54, 1.807) is 13.3 Å². The molecule has 0 saturated heterocycles. The van der Waals surface area contributed by atoms with Gasteiger partial charge in [0.2, 0.25) is 5.78 Å². The maximum atomic E-state index is 12.6. The van der Waals surface area contributed by atoms with E-state index in [0.29, 0.717) is 30.2 Å². The molecule has 0 spiro atoms. The molecule has 0 aliphatic heterocycles. The Bertz CT molecular complexity index is 1080. The van der Waals surface area contributed by atoms with E-state index >= 15 is 0 Å². The fraction of sp³-hybridized carbons (Fsp3) is 0.400. The largest absolute Gasteiger partial charge is 0.457 e. The number of ether oxygens (including phenoxy) is 2. The lowest BCUT2D eigenvalue weighted by Gasteiger charge is -2.17. The minimum Gasteiger partial charge on any atom is -0.457 e. The molecule has 1 aromatic carbocycles. The molecule has 3 aromatic rings. The Balaban J connectivity index is 1.52. The normalized spacial score (nSPS) is 12.0. The van der Waals surface area contributed by atoms with Gasteiger partial charge in [0.25, 0.3) is 0 Å². The van der Waals surface area contributed by atoms with Crippen molar-refractivity contribution in [2.45, 2.75) is 46.6 Å². The molecular formula is C25H30N2O5. The summed E-state index contributed by atoms with van der Waals surface area (Å²) in [7, 11) is 1.65. The highest BCUT2D eigenvalue weighted by Gasteiger charge is 2.20. The molecule has 0 radical (unpaired) electrons. The molecule has 0 amide bonds. The third kappa shape index (κ3) is 5.53. The molecule has 170 valence electrons. The van der Waals surface area contributed by atoms with Crippen molar-refractivity contribution in [3.8, 4) is 11.3 Å². The number of oxazole rings is 1. The van der Waals surface area contributed by atoms with Crippen LogP contribution in [0.5, 0.6) is 0 Å². The molecule has 0 fully saturated rings. The second-order valence-corrected chi connectivity index (χ2v) is 8.03. The summed E-state index contributed by atoms with van der Waals surface area (Å²) in [6.07, 6.45) is 2.04. The standard InChI is InChI=1S/C25H30N2O5/c1-16-6-8-20(9-7-16)23-13-26-24(32-23)10-11-25(29)31-15-22(28)21-12-17(2)27(19(21)4)18(3)14-30-5/h6-9,12-13,18H,10-11,14-15H2,1-5H3. The first-order valence-corrected chi connectivity index (χ1v) is 10.7. The first-order valence-electron chi connectivity index (χ1n) is 10.7. The molecule has 1 unspecified atom stereocenters. The van der Waals surface area contributed by atoms with Crippen LogP contribution in [0.25, 0.3) is 11.3 Å². The van der Waals surface area contributed by atoms with Crippen molar-refractivity contribution in [1.29, 1.82) is 0 Å². The zero-order valence-corrected chi connectivity index (χ0v) is 19.3. The van der Waals surface area contributed by atoms with Crippen molar-refractivity contribution < 1.29 is 23.5 Å². The fourth-order valence-electron chi connectivity index (χ4n) is 3.84. The second kappa shape index (κ2) is 10.4. The number of methoxy groups -OCH3 is 1. The lowest BCUT2D eigenvalue weighted by Crippen LogP contribution is -2.17. The number of carbonyl (C=O) groups is 2. The average Bonchev–Trinajstić information content (AvgIpc) is 3.35. The van der Waals surface area contributed by atoms with Crippen molar-refractivity contribution in [3.05, 3.63) is 64.9 Å². The Morgan fingerprint density at radius 3 is 2.56 bits per heavy atom. The summed E-state index contributed by atoms with van der Waals surface area (Å²) >= 11 is 0. The van der Waals surface area contributed by atoms with Gasteiger partial charge in [0.1, 0.15) is 0 Å². The fourth-order valence-corrected chi connectivity index (χ4v) is 3.84. The maximum absolute atomic E-state index is 12.6. The molecule has 3 rings (SSSR count). The Morgan fingerprint density at radius 2 is 1.88 bits per heavy atom. The number of hydrogen-bond acceptors (Lipinski definition) is 6. The molecule has 2 heterocycles. The van der Waals surface area contributed by atoms with E-state index in [1.165, 1.54) is 0 Å². The Hall–Kier alpha value is -3.19. The molecule has 0 aliphatic rings. The van der Waals surface area contributed by atoms with Gasteiger partial charge in [0.15, 0.2) is 18.3 Å². The molecular weight excluding hydrogens is 408 g/mol. The van der Waals surface area contributed by atoms with E-state index < -0.39 is 5.97 Å². The molecule has 7 nitrogen and oxygen atoms in total. The number of ketones is 1. The molecule has 0 N–H and O–H groups in total. The summed E-state index contributed by atoms with van der Waals surface area (Å²) in [6.45, 7) is 8.15. The van der Waals surface area contributed by atoms with Gasteiger partial charge in [0.05, 0.1) is 25.3 Å². The van der Waals surface area contributed by atoms with Gasteiger partial charge in [0, 0.05) is 36.0 Å². The summed E-state index contributed by atoms with van der Waals surface area (Å²) in [5, 5.41) is 0. The number of aryl methyl sites for hydroxylation is 3. The first-order chi connectivity index (χ1) is 15.3. The van der Waals surface area contributed by atoms with E-state index in [4.69, 9.17) is 13.9 Å². The summed E-state index contributed by atoms with van der Waals surface area (Å²) in [5.41, 5.74) is 4.47. The van der Waals surface area contributed by atoms with Crippen LogP contribution in [0.3, 0.4) is 0 Å². The monoisotopic (exact) mass is 438 g/mol. The Morgan fingerprint density at radius 1 is 1.16 bits per heavy atom. The summed E-state index contributed by atoms with van der Waals surface area (Å²) in [5.74, 6) is 0.427. The average molecular weight is 439 g/mol. The van der Waals surface area contributed by atoms with Gasteiger partial charge in [-0.3, -0.25) is 9.59 Å². The summed E-state index contributed by atoms with van der Waals surface area (Å²) < 4.78 is 18.2. The molecule has 2 aromatic heterocycles. The molecule has 1 atom stereocenters. The zero-order chi connectivity index (χ0) is 23.3. The highest BCUT2D eigenvalue weighted by atomic mass is 16.5. The smallest absolute Gasteiger partial charge is 0.306 e. The van der Waals surface area contributed by atoms with Crippen LogP contribution in [0.1, 0.15) is 52.6 Å². The second-order valence-electron chi connectivity index (χ2n) is 8.03. The predicted octanol–water partition coefficient (Wildman–Crippen LogP) is 4.63. The molecule has 32 heavy (non-hydrogen) atoms. The van der Waals surface area contributed by atoms with Crippen molar-refractivity contribution in [1.82, 2.24) is 9.55 Å². The van der Waals surface area contributed by atoms with Gasteiger partial charge in [-0.2, -0.15) is 0 Å². The highest BCUT2D eigenvalue weighted by molar-refractivity contribution is 5.99. The van der Waals surface area contributed by atoms with Crippen molar-refractivity contribution in [2.24, 2.45) is 0 Å². The summed E-state index contributed by atoms with van der Waals surface area (Å²) in [6, 6.07) is 9.87. The lowest BCUT2D eigenvalue weighted by molar-refractivity contribution is -0.142. The van der Waals surface area contributed by atoms with Gasteiger partial charge in [-0.05, 0) is 33.8 Å². The van der Waals surface area contributed by atoms with Crippen LogP contribution in [0.4, 0.5) is 0 Å². The number of rotatable bonds is 10. The predicted molar refractivity (Wildman–Crippen MR) is 121 cm³/mol. The molecule has 7 heteroatoms.